The molecule has 1 fully saturated rings. The number of likely N-dealkylation sites (tertiary alicyclic amines) is 1. The zero-order chi connectivity index (χ0) is 14.8. The summed E-state index contributed by atoms with van der Waals surface area (Å²) in [4.78, 5) is 14.7. The third-order valence-electron chi connectivity index (χ3n) is 4.07. The van der Waals surface area contributed by atoms with E-state index in [4.69, 9.17) is 11.6 Å². The topological polar surface area (TPSA) is 20.3 Å². The molecule has 0 bridgehead atoms. The van der Waals surface area contributed by atoms with E-state index in [0.29, 0.717) is 0 Å². The lowest BCUT2D eigenvalue weighted by Crippen LogP contribution is -2.30. The summed E-state index contributed by atoms with van der Waals surface area (Å²) in [5.74, 6) is 0.118. The summed E-state index contributed by atoms with van der Waals surface area (Å²) < 4.78 is 0. The van der Waals surface area contributed by atoms with Gasteiger partial charge in [-0.2, -0.15) is 0 Å². The van der Waals surface area contributed by atoms with Gasteiger partial charge in [0.1, 0.15) is 0 Å². The Kier molecular flexibility index (Phi) is 3.98. The van der Waals surface area contributed by atoms with E-state index in [1.54, 1.807) is 0 Å². The third kappa shape index (κ3) is 2.96. The van der Waals surface area contributed by atoms with Gasteiger partial charge in [-0.25, -0.2) is 0 Å². The van der Waals surface area contributed by atoms with Crippen LogP contribution in [0.5, 0.6) is 0 Å². The molecule has 1 heterocycles. The molecule has 21 heavy (non-hydrogen) atoms. The summed E-state index contributed by atoms with van der Waals surface area (Å²) in [5.41, 5.74) is 3.10. The van der Waals surface area contributed by atoms with E-state index in [1.807, 2.05) is 60.4 Å². The summed E-state index contributed by atoms with van der Waals surface area (Å²) in [5, 5.41) is 0.730. The number of rotatable bonds is 2. The van der Waals surface area contributed by atoms with Crippen molar-refractivity contribution in [3.63, 3.8) is 0 Å². The molecular weight excluding hydrogens is 282 g/mol. The maximum absolute atomic E-state index is 12.7. The molecule has 108 valence electrons. The Labute approximate surface area is 130 Å². The van der Waals surface area contributed by atoms with Gasteiger partial charge in [-0.05, 0) is 49.6 Å². The van der Waals surface area contributed by atoms with Crippen molar-refractivity contribution in [2.45, 2.75) is 25.8 Å². The molecule has 3 rings (SSSR count). The maximum atomic E-state index is 12.7. The normalized spacial score (nSPS) is 18.0. The number of nitrogens with zero attached hydrogens (tertiary/aromatic N) is 1. The van der Waals surface area contributed by atoms with Crippen LogP contribution in [0.4, 0.5) is 0 Å². The van der Waals surface area contributed by atoms with E-state index in [-0.39, 0.29) is 11.9 Å². The molecule has 1 unspecified atom stereocenters. The fraction of sp³-hybridized carbons (Fsp3) is 0.278. The Bertz CT molecular complexity index is 633. The van der Waals surface area contributed by atoms with Gasteiger partial charge in [0, 0.05) is 17.1 Å². The number of aryl methyl sites for hydroxylation is 1. The van der Waals surface area contributed by atoms with Crippen molar-refractivity contribution in [3.05, 3.63) is 70.2 Å². The van der Waals surface area contributed by atoms with Crippen LogP contribution in [0.25, 0.3) is 0 Å². The molecule has 1 aliphatic rings. The van der Waals surface area contributed by atoms with Crippen LogP contribution in [0.2, 0.25) is 5.02 Å². The third-order valence-corrected chi connectivity index (χ3v) is 4.32. The van der Waals surface area contributed by atoms with Gasteiger partial charge in [0.2, 0.25) is 0 Å². The first-order valence-corrected chi connectivity index (χ1v) is 7.66. The van der Waals surface area contributed by atoms with E-state index < -0.39 is 0 Å². The highest BCUT2D eigenvalue weighted by atomic mass is 35.5. The predicted octanol–water partition coefficient (Wildman–Crippen LogP) is 4.63. The largest absolute Gasteiger partial charge is 0.332 e. The van der Waals surface area contributed by atoms with Crippen LogP contribution in [0.3, 0.4) is 0 Å². The van der Waals surface area contributed by atoms with Crippen molar-refractivity contribution < 1.29 is 4.79 Å². The molecule has 0 spiro atoms. The zero-order valence-electron chi connectivity index (χ0n) is 12.1. The first kappa shape index (κ1) is 14.2. The van der Waals surface area contributed by atoms with Gasteiger partial charge in [-0.3, -0.25) is 4.79 Å². The smallest absolute Gasteiger partial charge is 0.254 e. The highest BCUT2D eigenvalue weighted by molar-refractivity contribution is 6.30. The molecule has 1 amide bonds. The molecule has 1 saturated heterocycles. The van der Waals surface area contributed by atoms with Gasteiger partial charge in [0.05, 0.1) is 6.04 Å². The Balaban J connectivity index is 1.85. The molecule has 0 aliphatic carbocycles. The minimum absolute atomic E-state index is 0.118. The molecule has 0 N–H and O–H groups in total. The highest BCUT2D eigenvalue weighted by Gasteiger charge is 2.30. The average Bonchev–Trinajstić information content (AvgIpc) is 2.97. The second-order valence-electron chi connectivity index (χ2n) is 5.57. The molecule has 2 aromatic carbocycles. The lowest BCUT2D eigenvalue weighted by molar-refractivity contribution is 0.0735. The minimum atomic E-state index is 0.118. The van der Waals surface area contributed by atoms with E-state index in [2.05, 4.69) is 0 Å². The summed E-state index contributed by atoms with van der Waals surface area (Å²) in [7, 11) is 0. The molecule has 0 radical (unpaired) electrons. The van der Waals surface area contributed by atoms with Gasteiger partial charge < -0.3 is 4.90 Å². The van der Waals surface area contributed by atoms with Crippen LogP contribution in [-0.2, 0) is 0 Å². The molecule has 1 aliphatic heterocycles. The Morgan fingerprint density at radius 1 is 1.10 bits per heavy atom. The molecule has 2 aromatic rings. The zero-order valence-corrected chi connectivity index (χ0v) is 12.8. The number of halogens is 1. The second kappa shape index (κ2) is 5.90. The maximum Gasteiger partial charge on any atom is 0.254 e. The van der Waals surface area contributed by atoms with Crippen LogP contribution >= 0.6 is 11.6 Å². The summed E-state index contributed by atoms with van der Waals surface area (Å²) >= 11 is 5.95. The van der Waals surface area contributed by atoms with Crippen molar-refractivity contribution in [3.8, 4) is 0 Å². The van der Waals surface area contributed by atoms with Gasteiger partial charge in [-0.15, -0.1) is 0 Å². The van der Waals surface area contributed by atoms with Crippen molar-refractivity contribution in [1.82, 2.24) is 4.90 Å². The van der Waals surface area contributed by atoms with Crippen LogP contribution in [-0.4, -0.2) is 17.4 Å². The first-order chi connectivity index (χ1) is 10.1. The van der Waals surface area contributed by atoms with Crippen molar-refractivity contribution in [2.24, 2.45) is 0 Å². The van der Waals surface area contributed by atoms with Gasteiger partial charge >= 0.3 is 0 Å². The van der Waals surface area contributed by atoms with Crippen LogP contribution in [0.15, 0.2) is 48.5 Å². The summed E-state index contributed by atoms with van der Waals surface area (Å²) in [6, 6.07) is 15.8. The van der Waals surface area contributed by atoms with Gasteiger partial charge in [-0.1, -0.05) is 41.4 Å². The van der Waals surface area contributed by atoms with Crippen LogP contribution < -0.4 is 0 Å². The van der Waals surface area contributed by atoms with Gasteiger partial charge in [0.15, 0.2) is 0 Å². The fourth-order valence-corrected chi connectivity index (χ4v) is 3.03. The van der Waals surface area contributed by atoms with E-state index in [9.17, 15) is 4.79 Å². The predicted molar refractivity (Wildman–Crippen MR) is 85.6 cm³/mol. The molecule has 1 atom stereocenters. The molecule has 2 nitrogen and oxygen atoms in total. The standard InChI is InChI=1S/C18H18ClNO/c1-13-4-6-15(7-5-13)18(21)20-12-2-3-17(20)14-8-10-16(19)11-9-14/h4-11,17H,2-3,12H2,1H3. The Morgan fingerprint density at radius 3 is 2.43 bits per heavy atom. The molecule has 3 heteroatoms. The van der Waals surface area contributed by atoms with E-state index >= 15 is 0 Å². The minimum Gasteiger partial charge on any atom is -0.332 e. The molecule has 0 saturated carbocycles. The molecular formula is C18H18ClNO. The van der Waals surface area contributed by atoms with Crippen LogP contribution in [0.1, 0.15) is 40.4 Å². The average molecular weight is 300 g/mol. The number of hydrogen-bond donors (Lipinski definition) is 0. The van der Waals surface area contributed by atoms with Crippen molar-refractivity contribution in [2.75, 3.05) is 6.54 Å². The van der Waals surface area contributed by atoms with Gasteiger partial charge in [0.25, 0.3) is 5.91 Å². The molecule has 0 aromatic heterocycles. The number of carbonyl (C=O) groups excluding carboxylic acids is 1. The van der Waals surface area contributed by atoms with Crippen molar-refractivity contribution >= 4 is 17.5 Å². The number of benzene rings is 2. The highest BCUT2D eigenvalue weighted by Crippen LogP contribution is 2.33. The first-order valence-electron chi connectivity index (χ1n) is 7.28. The van der Waals surface area contributed by atoms with E-state index in [1.165, 1.54) is 5.56 Å². The summed E-state index contributed by atoms with van der Waals surface area (Å²) in [6.45, 7) is 2.85. The second-order valence-corrected chi connectivity index (χ2v) is 6.01. The number of amides is 1. The monoisotopic (exact) mass is 299 g/mol. The number of hydrogen-bond acceptors (Lipinski definition) is 1. The fourth-order valence-electron chi connectivity index (χ4n) is 2.90. The van der Waals surface area contributed by atoms with Crippen molar-refractivity contribution in [1.29, 1.82) is 0 Å². The Morgan fingerprint density at radius 2 is 1.76 bits per heavy atom. The summed E-state index contributed by atoms with van der Waals surface area (Å²) in [6.07, 6.45) is 2.06. The lowest BCUT2D eigenvalue weighted by atomic mass is 10.0. The SMILES string of the molecule is Cc1ccc(C(=O)N2CCCC2c2ccc(Cl)cc2)cc1. The van der Waals surface area contributed by atoms with Crippen LogP contribution in [0, 0.1) is 6.92 Å². The lowest BCUT2D eigenvalue weighted by Gasteiger charge is -2.25. The Hall–Kier alpha value is -1.80. The number of carbonyl (C=O) groups is 1. The quantitative estimate of drug-likeness (QED) is 0.792. The van der Waals surface area contributed by atoms with E-state index in [0.717, 1.165) is 35.5 Å².